The fourth-order valence-corrected chi connectivity index (χ4v) is 4.46. The van der Waals surface area contributed by atoms with Crippen LogP contribution in [0.5, 0.6) is 0 Å². The minimum atomic E-state index is -2.56. The highest BCUT2D eigenvalue weighted by Gasteiger charge is 2.26. The summed E-state index contributed by atoms with van der Waals surface area (Å²) in [4.78, 5) is 19.1. The average molecular weight is 415 g/mol. The second kappa shape index (κ2) is 7.95. The molecule has 6 nitrogen and oxygen atoms in total. The van der Waals surface area contributed by atoms with Crippen LogP contribution >= 0.6 is 0 Å². The van der Waals surface area contributed by atoms with E-state index in [0.717, 1.165) is 12.8 Å². The van der Waals surface area contributed by atoms with Crippen molar-refractivity contribution < 1.29 is 14.4 Å². The van der Waals surface area contributed by atoms with Crippen molar-refractivity contribution in [1.29, 1.82) is 0 Å². The Morgan fingerprint density at radius 3 is 2.93 bits per heavy atom. The molecule has 2 aromatic heterocycles. The summed E-state index contributed by atoms with van der Waals surface area (Å²) < 4.78 is 55.6. The van der Waals surface area contributed by atoms with Crippen molar-refractivity contribution in [3.8, 4) is 0 Å². The molecule has 3 aromatic rings. The van der Waals surface area contributed by atoms with Crippen molar-refractivity contribution in [1.82, 2.24) is 19.6 Å². The van der Waals surface area contributed by atoms with Gasteiger partial charge in [-0.15, -0.1) is 0 Å². The number of aromatic nitrogens is 3. The molecule has 0 aliphatic carbocycles. The summed E-state index contributed by atoms with van der Waals surface area (Å²) in [6.45, 7) is 0.163. The van der Waals surface area contributed by atoms with Crippen LogP contribution in [0.15, 0.2) is 27.5 Å². The molecule has 0 radical (unpaired) electrons. The smallest absolute Gasteiger partial charge is 0.256 e. The van der Waals surface area contributed by atoms with Gasteiger partial charge in [0.05, 0.1) is 5.69 Å². The lowest BCUT2D eigenvalue weighted by Gasteiger charge is -2.31. The van der Waals surface area contributed by atoms with Gasteiger partial charge in [0.2, 0.25) is 0 Å². The van der Waals surface area contributed by atoms with E-state index in [0.29, 0.717) is 48.3 Å². The number of hydrogen-bond acceptors (Lipinski definition) is 5. The summed E-state index contributed by atoms with van der Waals surface area (Å²) in [5, 5.41) is 4.74. The van der Waals surface area contributed by atoms with E-state index in [1.54, 1.807) is 6.92 Å². The Labute approximate surface area is 180 Å². The van der Waals surface area contributed by atoms with Crippen LogP contribution in [-0.2, 0) is 19.3 Å². The van der Waals surface area contributed by atoms with Crippen LogP contribution < -0.4 is 5.56 Å². The topological polar surface area (TPSA) is 64.2 Å². The first-order valence-corrected chi connectivity index (χ1v) is 10.5. The van der Waals surface area contributed by atoms with Crippen LogP contribution in [0.25, 0.3) is 11.0 Å². The zero-order chi connectivity index (χ0) is 24.3. The molecule has 1 saturated heterocycles. The van der Waals surface area contributed by atoms with Gasteiger partial charge in [0.1, 0.15) is 11.6 Å². The monoisotopic (exact) mass is 414 g/mol. The molecule has 1 fully saturated rings. The third kappa shape index (κ3) is 3.55. The SMILES string of the molecule is [2H]C([2H])(c1c(C)nc2n(c1=O)CCCC2)C([2H])([2H])N1CCC(c2noc3ccc(F)cc23)CC1. The highest BCUT2D eigenvalue weighted by atomic mass is 19.1. The van der Waals surface area contributed by atoms with Gasteiger partial charge in [-0.3, -0.25) is 9.36 Å². The molecule has 0 amide bonds. The molecule has 158 valence electrons. The minimum Gasteiger partial charge on any atom is -0.356 e. The Balaban J connectivity index is 1.40. The van der Waals surface area contributed by atoms with Crippen molar-refractivity contribution in [2.45, 2.75) is 57.9 Å². The lowest BCUT2D eigenvalue weighted by atomic mass is 9.91. The Kier molecular flexibility index (Phi) is 4.05. The third-order valence-electron chi connectivity index (χ3n) is 6.14. The fraction of sp³-hybridized carbons (Fsp3) is 0.522. The summed E-state index contributed by atoms with van der Waals surface area (Å²) in [5.74, 6) is 0.212. The zero-order valence-electron chi connectivity index (χ0n) is 20.9. The summed E-state index contributed by atoms with van der Waals surface area (Å²) >= 11 is 0. The normalized spacial score (nSPS) is 21.0. The summed E-state index contributed by atoms with van der Waals surface area (Å²) in [5.41, 5.74) is 0.704. The number of nitrogens with zero attached hydrogens (tertiary/aromatic N) is 4. The molecular weight excluding hydrogens is 383 g/mol. The van der Waals surface area contributed by atoms with Gasteiger partial charge in [-0.2, -0.15) is 0 Å². The number of fused-ring (bicyclic) bond motifs is 2. The molecular formula is C23H27FN4O2. The maximum Gasteiger partial charge on any atom is 0.256 e. The number of likely N-dealkylation sites (tertiary alicyclic amines) is 1. The standard InChI is InChI=1S/C23H27FN4O2/c1-15-18(23(29)28-10-3-2-4-21(28)25-15)9-13-27-11-7-16(8-12-27)22-19-14-17(24)5-6-20(19)30-26-22/h5-6,14,16H,2-4,7-13H2,1H3/i9D2,13D2. The predicted molar refractivity (Wildman–Crippen MR) is 112 cm³/mol. The third-order valence-corrected chi connectivity index (χ3v) is 6.14. The number of piperidine rings is 1. The predicted octanol–water partition coefficient (Wildman–Crippen LogP) is 3.59. The molecule has 2 aliphatic heterocycles. The molecule has 0 atom stereocenters. The van der Waals surface area contributed by atoms with E-state index in [9.17, 15) is 9.18 Å². The van der Waals surface area contributed by atoms with Crippen molar-refractivity contribution in [3.05, 3.63) is 57.1 Å². The van der Waals surface area contributed by atoms with Crippen LogP contribution in [0.4, 0.5) is 4.39 Å². The molecule has 0 unspecified atom stereocenters. The Hall–Kier alpha value is -2.54. The molecule has 7 heteroatoms. The first-order valence-electron chi connectivity index (χ1n) is 12.5. The van der Waals surface area contributed by atoms with E-state index in [4.69, 9.17) is 10.0 Å². The van der Waals surface area contributed by atoms with E-state index < -0.39 is 18.4 Å². The van der Waals surface area contributed by atoms with Gasteiger partial charge in [-0.25, -0.2) is 9.37 Å². The molecule has 5 rings (SSSR count). The molecule has 0 bridgehead atoms. The van der Waals surface area contributed by atoms with E-state index in [2.05, 4.69) is 10.1 Å². The second-order valence-corrected chi connectivity index (χ2v) is 8.11. The van der Waals surface area contributed by atoms with Crippen molar-refractivity contribution in [3.63, 3.8) is 0 Å². The Morgan fingerprint density at radius 1 is 1.27 bits per heavy atom. The molecule has 2 aliphatic rings. The molecule has 0 spiro atoms. The molecule has 30 heavy (non-hydrogen) atoms. The Bertz CT molecular complexity index is 1300. The zero-order valence-corrected chi connectivity index (χ0v) is 16.9. The van der Waals surface area contributed by atoms with Gasteiger partial charge >= 0.3 is 0 Å². The first-order chi connectivity index (χ1) is 16.1. The fourth-order valence-electron chi connectivity index (χ4n) is 4.46. The van der Waals surface area contributed by atoms with Gasteiger partial charge in [0.25, 0.3) is 5.56 Å². The number of benzene rings is 1. The number of aryl methyl sites for hydroxylation is 2. The van der Waals surface area contributed by atoms with Gasteiger partial charge in [0.15, 0.2) is 5.58 Å². The van der Waals surface area contributed by atoms with E-state index in [1.807, 2.05) is 0 Å². The Morgan fingerprint density at radius 2 is 2.10 bits per heavy atom. The summed E-state index contributed by atoms with van der Waals surface area (Å²) in [6, 6.07) is 4.25. The maximum absolute atomic E-state index is 13.7. The van der Waals surface area contributed by atoms with Crippen LogP contribution in [0.1, 0.15) is 59.9 Å². The summed E-state index contributed by atoms with van der Waals surface area (Å²) in [7, 11) is 0. The van der Waals surface area contributed by atoms with Crippen LogP contribution in [-0.4, -0.2) is 39.2 Å². The molecule has 4 heterocycles. The van der Waals surface area contributed by atoms with Gasteiger partial charge < -0.3 is 9.42 Å². The van der Waals surface area contributed by atoms with Crippen molar-refractivity contribution >= 4 is 11.0 Å². The van der Waals surface area contributed by atoms with Crippen molar-refractivity contribution in [2.75, 3.05) is 19.6 Å². The highest BCUT2D eigenvalue weighted by molar-refractivity contribution is 5.79. The quantitative estimate of drug-likeness (QED) is 0.653. The van der Waals surface area contributed by atoms with Crippen LogP contribution in [0.3, 0.4) is 0 Å². The van der Waals surface area contributed by atoms with E-state index in [-0.39, 0.29) is 36.1 Å². The number of hydrogen-bond donors (Lipinski definition) is 0. The maximum atomic E-state index is 13.7. The van der Waals surface area contributed by atoms with Crippen LogP contribution in [0, 0.1) is 12.7 Å². The highest BCUT2D eigenvalue weighted by Crippen LogP contribution is 2.32. The number of halogens is 1. The van der Waals surface area contributed by atoms with Crippen LogP contribution in [0.2, 0.25) is 0 Å². The van der Waals surface area contributed by atoms with Gasteiger partial charge in [-0.1, -0.05) is 5.16 Å². The molecule has 0 N–H and O–H groups in total. The average Bonchev–Trinajstić information content (AvgIpc) is 3.22. The van der Waals surface area contributed by atoms with Gasteiger partial charge in [0, 0.05) is 47.5 Å². The van der Waals surface area contributed by atoms with Crippen molar-refractivity contribution in [2.24, 2.45) is 0 Å². The van der Waals surface area contributed by atoms with E-state index >= 15 is 0 Å². The molecule has 1 aromatic carbocycles. The second-order valence-electron chi connectivity index (χ2n) is 8.11. The summed E-state index contributed by atoms with van der Waals surface area (Å²) in [6.07, 6.45) is 0.877. The minimum absolute atomic E-state index is 0.0567. The van der Waals surface area contributed by atoms with Gasteiger partial charge in [-0.05, 0) is 70.3 Å². The molecule has 0 saturated carbocycles. The first kappa shape index (κ1) is 15.3. The number of rotatable bonds is 4. The largest absolute Gasteiger partial charge is 0.356 e. The lowest BCUT2D eigenvalue weighted by molar-refractivity contribution is 0.211. The van der Waals surface area contributed by atoms with E-state index in [1.165, 1.54) is 27.7 Å². The lowest BCUT2D eigenvalue weighted by Crippen LogP contribution is -2.37.